The first-order chi connectivity index (χ1) is 10.3. The van der Waals surface area contributed by atoms with Gasteiger partial charge in [-0.15, -0.1) is 0 Å². The Kier molecular flexibility index (Phi) is 3.48. The largest absolute Gasteiger partial charge is 0.489 e. The molecule has 0 amide bonds. The second-order valence-electron chi connectivity index (χ2n) is 4.14. The Bertz CT molecular complexity index is 773. The fourth-order valence-corrected chi connectivity index (χ4v) is 1.98. The molecule has 0 aliphatic heterocycles. The highest BCUT2D eigenvalue weighted by atomic mass is 16.5. The zero-order valence-corrected chi connectivity index (χ0v) is 11.3. The van der Waals surface area contributed by atoms with E-state index in [9.17, 15) is 0 Å². The molecule has 0 fully saturated rings. The van der Waals surface area contributed by atoms with Crippen LogP contribution in [0.4, 0.5) is 5.82 Å². The molecule has 0 aliphatic rings. The molecule has 0 spiro atoms. The Morgan fingerprint density at radius 3 is 2.76 bits per heavy atom. The number of ether oxygens (including phenoxy) is 2. The van der Waals surface area contributed by atoms with Crippen LogP contribution in [0.3, 0.4) is 0 Å². The third kappa shape index (κ3) is 2.41. The number of anilines is 1. The summed E-state index contributed by atoms with van der Waals surface area (Å²) in [5.74, 6) is 6.90. The lowest BCUT2D eigenvalue weighted by molar-refractivity contribution is 0.370. The van der Waals surface area contributed by atoms with Crippen LogP contribution in [0.25, 0.3) is 10.9 Å². The zero-order valence-electron chi connectivity index (χ0n) is 11.3. The first-order valence-corrected chi connectivity index (χ1v) is 6.20. The van der Waals surface area contributed by atoms with Crippen molar-refractivity contribution in [2.75, 3.05) is 12.5 Å². The summed E-state index contributed by atoms with van der Waals surface area (Å²) < 4.78 is 11.1. The van der Waals surface area contributed by atoms with E-state index in [1.54, 1.807) is 6.20 Å². The van der Waals surface area contributed by atoms with E-state index in [0.29, 0.717) is 17.3 Å². The molecule has 2 aromatic heterocycles. The van der Waals surface area contributed by atoms with E-state index in [0.717, 1.165) is 10.9 Å². The molecule has 3 N–H and O–H groups in total. The number of rotatable bonds is 4. The maximum absolute atomic E-state index is 5.82. The van der Waals surface area contributed by atoms with Crippen molar-refractivity contribution in [2.24, 2.45) is 5.84 Å². The highest BCUT2D eigenvalue weighted by Crippen LogP contribution is 2.35. The molecule has 2 heterocycles. The van der Waals surface area contributed by atoms with Gasteiger partial charge in [0.25, 0.3) is 5.88 Å². The van der Waals surface area contributed by atoms with Crippen LogP contribution in [-0.4, -0.2) is 22.1 Å². The van der Waals surface area contributed by atoms with Crippen LogP contribution < -0.4 is 20.7 Å². The van der Waals surface area contributed by atoms with Gasteiger partial charge in [-0.1, -0.05) is 18.2 Å². The topological polar surface area (TPSA) is 95.2 Å². The van der Waals surface area contributed by atoms with Gasteiger partial charge >= 0.3 is 0 Å². The summed E-state index contributed by atoms with van der Waals surface area (Å²) in [6.45, 7) is 0. The molecular formula is C14H13N5O2. The number of fused-ring (bicyclic) bond motifs is 1. The highest BCUT2D eigenvalue weighted by Gasteiger charge is 2.15. The van der Waals surface area contributed by atoms with E-state index in [1.165, 1.54) is 13.4 Å². The van der Waals surface area contributed by atoms with Crippen LogP contribution in [0.2, 0.25) is 0 Å². The van der Waals surface area contributed by atoms with Crippen molar-refractivity contribution >= 4 is 16.7 Å². The molecule has 21 heavy (non-hydrogen) atoms. The molecule has 3 aromatic rings. The minimum absolute atomic E-state index is 0.263. The van der Waals surface area contributed by atoms with Crippen molar-refractivity contribution in [3.63, 3.8) is 0 Å². The molecule has 0 saturated heterocycles. The van der Waals surface area contributed by atoms with Crippen molar-refractivity contribution < 1.29 is 9.47 Å². The number of hydrazine groups is 1. The Morgan fingerprint density at radius 1 is 1.10 bits per heavy atom. The molecule has 0 radical (unpaired) electrons. The number of methoxy groups -OCH3 is 1. The predicted octanol–water partition coefficient (Wildman–Crippen LogP) is 2.11. The Balaban J connectivity index is 2.07. The second-order valence-corrected chi connectivity index (χ2v) is 4.14. The lowest BCUT2D eigenvalue weighted by Gasteiger charge is -2.12. The van der Waals surface area contributed by atoms with Gasteiger partial charge in [0.1, 0.15) is 11.8 Å². The van der Waals surface area contributed by atoms with E-state index in [2.05, 4.69) is 20.4 Å². The van der Waals surface area contributed by atoms with Crippen molar-refractivity contribution in [1.29, 1.82) is 0 Å². The summed E-state index contributed by atoms with van der Waals surface area (Å²) in [5, 5.41) is 0.972. The van der Waals surface area contributed by atoms with Crippen LogP contribution in [0.5, 0.6) is 17.4 Å². The second kappa shape index (κ2) is 5.59. The minimum Gasteiger partial charge on any atom is -0.489 e. The summed E-state index contributed by atoms with van der Waals surface area (Å²) in [6, 6.07) is 9.48. The van der Waals surface area contributed by atoms with Crippen LogP contribution in [0, 0.1) is 0 Å². The summed E-state index contributed by atoms with van der Waals surface area (Å²) in [7, 11) is 1.49. The maximum atomic E-state index is 5.82. The molecule has 0 atom stereocenters. The van der Waals surface area contributed by atoms with E-state index in [1.807, 2.05) is 30.3 Å². The summed E-state index contributed by atoms with van der Waals surface area (Å²) in [6.07, 6.45) is 3.05. The molecule has 3 rings (SSSR count). The smallest absolute Gasteiger partial charge is 0.268 e. The summed E-state index contributed by atoms with van der Waals surface area (Å²) in [4.78, 5) is 12.4. The lowest BCUT2D eigenvalue weighted by atomic mass is 10.2. The molecule has 0 bridgehead atoms. The van der Waals surface area contributed by atoms with Crippen LogP contribution in [0.1, 0.15) is 0 Å². The standard InChI is InChI=1S/C14H13N5O2/c1-20-12-13(19-15)17-8-18-14(12)21-10-6-2-4-9-5-3-7-16-11(9)10/h2-8H,15H2,1H3,(H,17,18,19). The fourth-order valence-electron chi connectivity index (χ4n) is 1.98. The highest BCUT2D eigenvalue weighted by molar-refractivity contribution is 5.84. The van der Waals surface area contributed by atoms with Gasteiger partial charge < -0.3 is 14.9 Å². The van der Waals surface area contributed by atoms with Gasteiger partial charge in [-0.2, -0.15) is 4.98 Å². The molecule has 1 aromatic carbocycles. The van der Waals surface area contributed by atoms with Crippen molar-refractivity contribution in [1.82, 2.24) is 15.0 Å². The zero-order chi connectivity index (χ0) is 14.7. The van der Waals surface area contributed by atoms with Gasteiger partial charge in [-0.05, 0) is 12.1 Å². The van der Waals surface area contributed by atoms with Gasteiger partial charge in [0.05, 0.1) is 7.11 Å². The average Bonchev–Trinajstić information content (AvgIpc) is 2.55. The first-order valence-electron chi connectivity index (χ1n) is 6.20. The first kappa shape index (κ1) is 13.1. The number of benzene rings is 1. The van der Waals surface area contributed by atoms with E-state index in [-0.39, 0.29) is 5.88 Å². The minimum atomic E-state index is 0.263. The molecule has 106 valence electrons. The van der Waals surface area contributed by atoms with Crippen molar-refractivity contribution in [3.05, 3.63) is 42.9 Å². The number of aromatic nitrogens is 3. The van der Waals surface area contributed by atoms with Crippen molar-refractivity contribution in [3.8, 4) is 17.4 Å². The SMILES string of the molecule is COc1c(NN)ncnc1Oc1cccc2cccnc12. The van der Waals surface area contributed by atoms with Gasteiger partial charge in [-0.3, -0.25) is 4.98 Å². The number of nitrogen functional groups attached to an aromatic ring is 1. The third-order valence-electron chi connectivity index (χ3n) is 2.91. The van der Waals surface area contributed by atoms with Crippen LogP contribution in [0.15, 0.2) is 42.9 Å². The third-order valence-corrected chi connectivity index (χ3v) is 2.91. The number of pyridine rings is 1. The van der Waals surface area contributed by atoms with E-state index in [4.69, 9.17) is 15.3 Å². The summed E-state index contributed by atoms with van der Waals surface area (Å²) in [5.41, 5.74) is 3.18. The van der Waals surface area contributed by atoms with E-state index < -0.39 is 0 Å². The summed E-state index contributed by atoms with van der Waals surface area (Å²) >= 11 is 0. The Morgan fingerprint density at radius 2 is 1.95 bits per heavy atom. The molecule has 7 heteroatoms. The molecular weight excluding hydrogens is 270 g/mol. The van der Waals surface area contributed by atoms with Gasteiger partial charge in [0.15, 0.2) is 11.6 Å². The predicted molar refractivity (Wildman–Crippen MR) is 78.2 cm³/mol. The molecule has 0 saturated carbocycles. The number of nitrogens with zero attached hydrogens (tertiary/aromatic N) is 3. The molecule has 7 nitrogen and oxygen atoms in total. The quantitative estimate of drug-likeness (QED) is 0.559. The van der Waals surface area contributed by atoms with Gasteiger partial charge in [0, 0.05) is 11.6 Å². The number of nitrogens with two attached hydrogens (primary N) is 1. The van der Waals surface area contributed by atoms with Crippen LogP contribution in [-0.2, 0) is 0 Å². The Hall–Kier alpha value is -2.93. The fraction of sp³-hybridized carbons (Fsp3) is 0.0714. The number of para-hydroxylation sites is 1. The normalized spacial score (nSPS) is 10.4. The molecule has 0 aliphatic carbocycles. The average molecular weight is 283 g/mol. The monoisotopic (exact) mass is 283 g/mol. The molecule has 0 unspecified atom stereocenters. The van der Waals surface area contributed by atoms with Gasteiger partial charge in [-0.25, -0.2) is 10.8 Å². The van der Waals surface area contributed by atoms with E-state index >= 15 is 0 Å². The Labute approximate surface area is 120 Å². The van der Waals surface area contributed by atoms with Crippen LogP contribution >= 0.6 is 0 Å². The maximum Gasteiger partial charge on any atom is 0.268 e. The van der Waals surface area contributed by atoms with Crippen molar-refractivity contribution in [2.45, 2.75) is 0 Å². The van der Waals surface area contributed by atoms with Gasteiger partial charge in [0.2, 0.25) is 5.75 Å². The number of hydrogen-bond acceptors (Lipinski definition) is 7. The number of hydrogen-bond donors (Lipinski definition) is 2. The lowest BCUT2D eigenvalue weighted by Crippen LogP contribution is -2.11. The number of nitrogens with one attached hydrogen (secondary N) is 1.